The molecule has 1 saturated heterocycles. The number of nitrogens with one attached hydrogen (secondary N) is 1. The molecule has 0 radical (unpaired) electrons. The normalized spacial score (nSPS) is 19.5. The lowest BCUT2D eigenvalue weighted by atomic mass is 10.2. The number of aromatic nitrogens is 2. The highest BCUT2D eigenvalue weighted by molar-refractivity contribution is 6.74. The molecule has 3 atom stereocenters. The SMILES string of the molecule is COc1cc(Cl)c(/C=N/OC2C[C@H](n3cc(CN=[N+]=[N-])c(=O)[nH]c3=O)O[C@@H]2CO)c(Cl)c1O[Si](C)(C)C(C)(C)C. The third-order valence-electron chi connectivity index (χ3n) is 6.95. The Morgan fingerprint density at radius 1 is 1.35 bits per heavy atom. The van der Waals surface area contributed by atoms with Crippen molar-refractivity contribution in [1.29, 1.82) is 0 Å². The summed E-state index contributed by atoms with van der Waals surface area (Å²) < 4.78 is 18.8. The molecule has 0 saturated carbocycles. The lowest BCUT2D eigenvalue weighted by Crippen LogP contribution is -2.44. The van der Waals surface area contributed by atoms with Gasteiger partial charge in [0.15, 0.2) is 17.6 Å². The highest BCUT2D eigenvalue weighted by Gasteiger charge is 2.41. The first-order chi connectivity index (χ1) is 18.7. The van der Waals surface area contributed by atoms with E-state index in [0.29, 0.717) is 17.1 Å². The molecular weight excluding hydrogens is 583 g/mol. The molecule has 1 fully saturated rings. The van der Waals surface area contributed by atoms with E-state index < -0.39 is 44.6 Å². The maximum atomic E-state index is 12.4. The number of hydrogen-bond donors (Lipinski definition) is 2. The van der Waals surface area contributed by atoms with Crippen LogP contribution in [0.3, 0.4) is 0 Å². The van der Waals surface area contributed by atoms with E-state index in [1.807, 2.05) is 0 Å². The van der Waals surface area contributed by atoms with Gasteiger partial charge in [0.1, 0.15) is 12.3 Å². The van der Waals surface area contributed by atoms with Crippen molar-refractivity contribution < 1.29 is 23.8 Å². The Labute approximate surface area is 241 Å². The van der Waals surface area contributed by atoms with Crippen LogP contribution in [0, 0.1) is 0 Å². The van der Waals surface area contributed by atoms with Crippen LogP contribution in [0.1, 0.15) is 44.5 Å². The zero-order valence-corrected chi connectivity index (χ0v) is 25.5. The van der Waals surface area contributed by atoms with Crippen LogP contribution in [-0.2, 0) is 16.1 Å². The van der Waals surface area contributed by atoms with Gasteiger partial charge in [-0.15, -0.1) is 0 Å². The Hall–Kier alpha value is -3.00. The molecule has 218 valence electrons. The molecule has 1 aliphatic heterocycles. The average Bonchev–Trinajstić information content (AvgIpc) is 3.29. The van der Waals surface area contributed by atoms with Crippen LogP contribution in [0.4, 0.5) is 0 Å². The van der Waals surface area contributed by atoms with E-state index in [2.05, 4.69) is 54.0 Å². The van der Waals surface area contributed by atoms with Crippen molar-refractivity contribution in [2.75, 3.05) is 13.7 Å². The van der Waals surface area contributed by atoms with Crippen LogP contribution in [0.2, 0.25) is 28.2 Å². The summed E-state index contributed by atoms with van der Waals surface area (Å²) >= 11 is 13.2. The van der Waals surface area contributed by atoms with Gasteiger partial charge in [0.05, 0.1) is 36.5 Å². The van der Waals surface area contributed by atoms with Crippen molar-refractivity contribution in [3.05, 3.63) is 64.7 Å². The first kappa shape index (κ1) is 31.5. The molecule has 2 N–H and O–H groups in total. The zero-order chi connectivity index (χ0) is 29.8. The number of rotatable bonds is 10. The van der Waals surface area contributed by atoms with Crippen LogP contribution in [0.25, 0.3) is 10.4 Å². The Morgan fingerprint density at radius 3 is 2.65 bits per heavy atom. The Balaban J connectivity index is 1.85. The average molecular weight is 616 g/mol. The van der Waals surface area contributed by atoms with Crippen LogP contribution >= 0.6 is 23.2 Å². The fourth-order valence-corrected chi connectivity index (χ4v) is 5.29. The summed E-state index contributed by atoms with van der Waals surface area (Å²) in [7, 11) is -0.796. The van der Waals surface area contributed by atoms with Gasteiger partial charge in [-0.1, -0.05) is 54.2 Å². The number of methoxy groups -OCH3 is 1. The molecule has 0 bridgehead atoms. The van der Waals surface area contributed by atoms with Crippen LogP contribution < -0.4 is 20.4 Å². The number of benzene rings is 1. The minimum atomic E-state index is -2.29. The standard InChI is InChI=1S/C24H32Cl2N6O7Si/c1-24(2,3)40(5,6)39-21-17(36-4)7-15(25)14(20(21)26)10-29-38-16-8-19(37-18(16)12-33)32-11-13(9-28-31-27)22(34)30-23(32)35/h7,10-11,16,18-19,33H,8-9,12H2,1-6H3,(H,30,34,35)/b29-10+/t16?,18-,19-/m1/s1. The van der Waals surface area contributed by atoms with Crippen molar-refractivity contribution in [3.8, 4) is 11.5 Å². The van der Waals surface area contributed by atoms with Gasteiger partial charge >= 0.3 is 5.69 Å². The largest absolute Gasteiger partial charge is 0.540 e. The first-order valence-corrected chi connectivity index (χ1v) is 16.0. The molecule has 2 heterocycles. The summed E-state index contributed by atoms with van der Waals surface area (Å²) in [5, 5.41) is 17.6. The fourth-order valence-electron chi connectivity index (χ4n) is 3.64. The summed E-state index contributed by atoms with van der Waals surface area (Å²) in [6.07, 6.45) is 0.212. The molecule has 3 rings (SSSR count). The minimum absolute atomic E-state index is 0.0726. The van der Waals surface area contributed by atoms with E-state index in [-0.39, 0.29) is 33.6 Å². The van der Waals surface area contributed by atoms with Gasteiger partial charge in [0.25, 0.3) is 13.9 Å². The molecule has 0 spiro atoms. The first-order valence-electron chi connectivity index (χ1n) is 12.3. The lowest BCUT2D eigenvalue weighted by molar-refractivity contribution is -0.0613. The predicted octanol–water partition coefficient (Wildman–Crippen LogP) is 4.75. The van der Waals surface area contributed by atoms with Gasteiger partial charge < -0.3 is 23.8 Å². The monoisotopic (exact) mass is 614 g/mol. The second-order valence-electron chi connectivity index (χ2n) is 10.6. The van der Waals surface area contributed by atoms with E-state index in [1.54, 1.807) is 6.07 Å². The van der Waals surface area contributed by atoms with E-state index >= 15 is 0 Å². The number of aliphatic hydroxyl groups is 1. The molecule has 0 amide bonds. The van der Waals surface area contributed by atoms with Crippen molar-refractivity contribution >= 4 is 37.7 Å². The fraction of sp³-hybridized carbons (Fsp3) is 0.542. The van der Waals surface area contributed by atoms with E-state index in [0.717, 1.165) is 4.57 Å². The maximum Gasteiger partial charge on any atom is 0.330 e. The van der Waals surface area contributed by atoms with Crippen molar-refractivity contribution in [2.24, 2.45) is 10.3 Å². The number of aromatic amines is 1. The number of aliphatic hydroxyl groups excluding tert-OH is 1. The number of oxime groups is 1. The van der Waals surface area contributed by atoms with Crippen molar-refractivity contribution in [1.82, 2.24) is 9.55 Å². The number of azide groups is 1. The van der Waals surface area contributed by atoms with Gasteiger partial charge in [0.2, 0.25) is 0 Å². The summed E-state index contributed by atoms with van der Waals surface area (Å²) in [6.45, 7) is 9.78. The Morgan fingerprint density at radius 2 is 2.05 bits per heavy atom. The second-order valence-corrected chi connectivity index (χ2v) is 16.1. The highest BCUT2D eigenvalue weighted by atomic mass is 35.5. The van der Waals surface area contributed by atoms with Crippen molar-refractivity contribution in [3.63, 3.8) is 0 Å². The molecule has 1 aromatic heterocycles. The van der Waals surface area contributed by atoms with Crippen LogP contribution in [0.15, 0.2) is 32.1 Å². The number of ether oxygens (including phenoxy) is 2. The third-order valence-corrected chi connectivity index (χ3v) is 12.0. The van der Waals surface area contributed by atoms with E-state index in [4.69, 9.17) is 47.5 Å². The topological polar surface area (TPSA) is 173 Å². The molecule has 2 aromatic rings. The van der Waals surface area contributed by atoms with Gasteiger partial charge in [-0.25, -0.2) is 4.79 Å². The van der Waals surface area contributed by atoms with Gasteiger partial charge in [-0.2, -0.15) is 0 Å². The zero-order valence-electron chi connectivity index (χ0n) is 23.0. The molecule has 1 unspecified atom stereocenters. The molecule has 40 heavy (non-hydrogen) atoms. The summed E-state index contributed by atoms with van der Waals surface area (Å²) in [5.74, 6) is 0.740. The van der Waals surface area contributed by atoms with Gasteiger partial charge in [0, 0.05) is 34.7 Å². The van der Waals surface area contributed by atoms with Crippen LogP contribution in [0.5, 0.6) is 11.5 Å². The molecule has 13 nitrogen and oxygen atoms in total. The Bertz CT molecular complexity index is 1430. The summed E-state index contributed by atoms with van der Waals surface area (Å²) in [6, 6.07) is 1.58. The van der Waals surface area contributed by atoms with E-state index in [9.17, 15) is 14.7 Å². The predicted molar refractivity (Wildman–Crippen MR) is 153 cm³/mol. The van der Waals surface area contributed by atoms with E-state index in [1.165, 1.54) is 19.5 Å². The van der Waals surface area contributed by atoms with Crippen molar-refractivity contribution in [2.45, 2.75) is 70.3 Å². The second kappa shape index (κ2) is 12.7. The Kier molecular flexibility index (Phi) is 9.98. The number of hydrogen-bond acceptors (Lipinski definition) is 9. The summed E-state index contributed by atoms with van der Waals surface area (Å²) in [5.41, 5.74) is 7.56. The summed E-state index contributed by atoms with van der Waals surface area (Å²) in [4.78, 5) is 34.8. The minimum Gasteiger partial charge on any atom is -0.540 e. The number of H-pyrrole nitrogens is 1. The number of nitrogens with zero attached hydrogens (tertiary/aromatic N) is 5. The highest BCUT2D eigenvalue weighted by Crippen LogP contribution is 2.46. The maximum absolute atomic E-state index is 12.4. The molecular formula is C24H32Cl2N6O7Si. The third kappa shape index (κ3) is 6.82. The van der Waals surface area contributed by atoms with Crippen LogP contribution in [-0.4, -0.2) is 55.1 Å². The molecule has 16 heteroatoms. The van der Waals surface area contributed by atoms with Gasteiger partial charge in [-0.3, -0.25) is 14.3 Å². The van der Waals surface area contributed by atoms with Gasteiger partial charge in [-0.05, 0) is 23.7 Å². The molecule has 1 aromatic carbocycles. The molecule has 0 aliphatic carbocycles. The smallest absolute Gasteiger partial charge is 0.330 e. The number of halogens is 2. The lowest BCUT2D eigenvalue weighted by Gasteiger charge is -2.37. The molecule has 1 aliphatic rings. The quantitative estimate of drug-likeness (QED) is 0.0969.